The lowest BCUT2D eigenvalue weighted by molar-refractivity contribution is -0.135. The molecule has 16 heavy (non-hydrogen) atoms. The number of hydrogen-bond acceptors (Lipinski definition) is 3. The summed E-state index contributed by atoms with van der Waals surface area (Å²) in [6.45, 7) is 5.91. The van der Waals surface area contributed by atoms with Gasteiger partial charge in [0, 0.05) is 19.5 Å². The van der Waals surface area contributed by atoms with E-state index >= 15 is 0 Å². The van der Waals surface area contributed by atoms with E-state index < -0.39 is 5.60 Å². The molecule has 0 spiro atoms. The van der Waals surface area contributed by atoms with Crippen LogP contribution in [0.5, 0.6) is 0 Å². The lowest BCUT2D eigenvalue weighted by Crippen LogP contribution is -2.45. The minimum absolute atomic E-state index is 0.204. The molecule has 1 heterocycles. The molecule has 0 radical (unpaired) electrons. The maximum Gasteiger partial charge on any atom is 0.222 e. The molecule has 1 aliphatic heterocycles. The summed E-state index contributed by atoms with van der Waals surface area (Å²) in [6.07, 6.45) is 2.82. The zero-order valence-corrected chi connectivity index (χ0v) is 10.4. The van der Waals surface area contributed by atoms with E-state index in [9.17, 15) is 9.90 Å². The van der Waals surface area contributed by atoms with Crippen molar-refractivity contribution in [1.82, 2.24) is 4.90 Å². The molecular weight excluding hydrogens is 204 g/mol. The van der Waals surface area contributed by atoms with Crippen LogP contribution in [0.1, 0.15) is 39.5 Å². The van der Waals surface area contributed by atoms with Crippen molar-refractivity contribution in [3.8, 4) is 0 Å². The Morgan fingerprint density at radius 1 is 1.50 bits per heavy atom. The second-order valence-corrected chi connectivity index (χ2v) is 5.26. The van der Waals surface area contributed by atoms with Gasteiger partial charge in [-0.1, -0.05) is 6.92 Å². The number of amides is 1. The second kappa shape index (κ2) is 5.64. The normalized spacial score (nSPS) is 21.9. The van der Waals surface area contributed by atoms with Crippen LogP contribution in [0.15, 0.2) is 0 Å². The Kier molecular flexibility index (Phi) is 4.74. The number of carbonyl (C=O) groups is 1. The summed E-state index contributed by atoms with van der Waals surface area (Å²) in [6, 6.07) is 0. The standard InChI is InChI=1S/C12H24N2O2/c1-10(9-13)3-4-11(15)14-7-5-12(2,16)6-8-14/h10,16H,3-9,13H2,1-2H3. The molecule has 1 saturated heterocycles. The van der Waals surface area contributed by atoms with Gasteiger partial charge in [-0.3, -0.25) is 4.79 Å². The first-order chi connectivity index (χ1) is 7.44. The van der Waals surface area contributed by atoms with Gasteiger partial charge in [0.25, 0.3) is 0 Å². The summed E-state index contributed by atoms with van der Waals surface area (Å²) in [7, 11) is 0. The zero-order valence-electron chi connectivity index (χ0n) is 10.4. The van der Waals surface area contributed by atoms with Crippen molar-refractivity contribution in [2.75, 3.05) is 19.6 Å². The molecule has 0 aromatic heterocycles. The van der Waals surface area contributed by atoms with Crippen molar-refractivity contribution < 1.29 is 9.90 Å². The molecule has 1 atom stereocenters. The predicted octanol–water partition coefficient (Wildman–Crippen LogP) is 0.735. The summed E-state index contributed by atoms with van der Waals surface area (Å²) in [5.41, 5.74) is 4.93. The smallest absolute Gasteiger partial charge is 0.222 e. The van der Waals surface area contributed by atoms with Crippen LogP contribution >= 0.6 is 0 Å². The molecule has 1 aliphatic rings. The number of piperidine rings is 1. The van der Waals surface area contributed by atoms with Crippen LogP contribution in [0.3, 0.4) is 0 Å². The fraction of sp³-hybridized carbons (Fsp3) is 0.917. The van der Waals surface area contributed by atoms with E-state index in [0.29, 0.717) is 44.8 Å². The molecular formula is C12H24N2O2. The molecule has 1 unspecified atom stereocenters. The first kappa shape index (κ1) is 13.5. The van der Waals surface area contributed by atoms with Gasteiger partial charge in [-0.2, -0.15) is 0 Å². The van der Waals surface area contributed by atoms with Crippen LogP contribution in [-0.4, -0.2) is 41.1 Å². The molecule has 0 aromatic carbocycles. The van der Waals surface area contributed by atoms with Gasteiger partial charge in [0.1, 0.15) is 0 Å². The van der Waals surface area contributed by atoms with Crippen LogP contribution in [0.4, 0.5) is 0 Å². The number of aliphatic hydroxyl groups is 1. The Labute approximate surface area is 97.8 Å². The lowest BCUT2D eigenvalue weighted by atomic mass is 9.93. The molecule has 1 fully saturated rings. The molecule has 4 nitrogen and oxygen atoms in total. The van der Waals surface area contributed by atoms with Gasteiger partial charge >= 0.3 is 0 Å². The maximum atomic E-state index is 11.8. The molecule has 0 bridgehead atoms. The van der Waals surface area contributed by atoms with E-state index in [0.717, 1.165) is 6.42 Å². The van der Waals surface area contributed by atoms with E-state index in [1.807, 2.05) is 11.8 Å². The van der Waals surface area contributed by atoms with Crippen LogP contribution < -0.4 is 5.73 Å². The van der Waals surface area contributed by atoms with Gasteiger partial charge in [0.05, 0.1) is 5.60 Å². The SMILES string of the molecule is CC(CN)CCC(=O)N1CCC(C)(O)CC1. The van der Waals surface area contributed by atoms with E-state index in [4.69, 9.17) is 5.73 Å². The summed E-state index contributed by atoms with van der Waals surface area (Å²) >= 11 is 0. The number of hydrogen-bond donors (Lipinski definition) is 2. The number of likely N-dealkylation sites (tertiary alicyclic amines) is 1. The van der Waals surface area contributed by atoms with Gasteiger partial charge in [0.2, 0.25) is 5.91 Å². The van der Waals surface area contributed by atoms with Crippen molar-refractivity contribution in [3.63, 3.8) is 0 Å². The maximum absolute atomic E-state index is 11.8. The van der Waals surface area contributed by atoms with Gasteiger partial charge in [-0.25, -0.2) is 0 Å². The molecule has 0 aliphatic carbocycles. The predicted molar refractivity (Wildman–Crippen MR) is 63.9 cm³/mol. The van der Waals surface area contributed by atoms with E-state index in [2.05, 4.69) is 6.92 Å². The van der Waals surface area contributed by atoms with Gasteiger partial charge < -0.3 is 15.7 Å². The Hall–Kier alpha value is -0.610. The first-order valence-electron chi connectivity index (χ1n) is 6.15. The third-order valence-electron chi connectivity index (χ3n) is 3.45. The Balaban J connectivity index is 2.28. The average Bonchev–Trinajstić information content (AvgIpc) is 2.25. The quantitative estimate of drug-likeness (QED) is 0.745. The highest BCUT2D eigenvalue weighted by Gasteiger charge is 2.29. The highest BCUT2D eigenvalue weighted by molar-refractivity contribution is 5.76. The molecule has 1 rings (SSSR count). The number of nitrogens with zero attached hydrogens (tertiary/aromatic N) is 1. The van der Waals surface area contributed by atoms with Crippen molar-refractivity contribution in [3.05, 3.63) is 0 Å². The fourth-order valence-corrected chi connectivity index (χ4v) is 1.88. The van der Waals surface area contributed by atoms with Crippen molar-refractivity contribution in [1.29, 1.82) is 0 Å². The van der Waals surface area contributed by atoms with Crippen LogP contribution in [0, 0.1) is 5.92 Å². The topological polar surface area (TPSA) is 66.6 Å². The highest BCUT2D eigenvalue weighted by atomic mass is 16.3. The van der Waals surface area contributed by atoms with E-state index in [1.165, 1.54) is 0 Å². The highest BCUT2D eigenvalue weighted by Crippen LogP contribution is 2.21. The molecule has 0 aromatic rings. The Morgan fingerprint density at radius 2 is 2.06 bits per heavy atom. The average molecular weight is 228 g/mol. The van der Waals surface area contributed by atoms with Crippen LogP contribution in [0.25, 0.3) is 0 Å². The van der Waals surface area contributed by atoms with Crippen molar-refractivity contribution in [2.45, 2.75) is 45.1 Å². The van der Waals surface area contributed by atoms with Gasteiger partial charge in [0.15, 0.2) is 0 Å². The Morgan fingerprint density at radius 3 is 2.56 bits per heavy atom. The largest absolute Gasteiger partial charge is 0.390 e. The summed E-state index contributed by atoms with van der Waals surface area (Å²) in [5, 5.41) is 9.78. The molecule has 1 amide bonds. The number of nitrogens with two attached hydrogens (primary N) is 1. The third kappa shape index (κ3) is 4.10. The lowest BCUT2D eigenvalue weighted by Gasteiger charge is -2.36. The minimum atomic E-state index is -0.582. The molecule has 4 heteroatoms. The fourth-order valence-electron chi connectivity index (χ4n) is 1.88. The van der Waals surface area contributed by atoms with E-state index in [1.54, 1.807) is 0 Å². The third-order valence-corrected chi connectivity index (χ3v) is 3.45. The zero-order chi connectivity index (χ0) is 12.2. The minimum Gasteiger partial charge on any atom is -0.390 e. The summed E-state index contributed by atoms with van der Waals surface area (Å²) in [4.78, 5) is 13.7. The number of carbonyl (C=O) groups excluding carboxylic acids is 1. The van der Waals surface area contributed by atoms with Crippen LogP contribution in [-0.2, 0) is 4.79 Å². The Bertz CT molecular complexity index is 231. The second-order valence-electron chi connectivity index (χ2n) is 5.26. The number of rotatable bonds is 4. The molecule has 0 saturated carbocycles. The van der Waals surface area contributed by atoms with Crippen molar-refractivity contribution >= 4 is 5.91 Å². The first-order valence-corrected chi connectivity index (χ1v) is 6.15. The molecule has 94 valence electrons. The van der Waals surface area contributed by atoms with Crippen molar-refractivity contribution in [2.24, 2.45) is 11.7 Å². The summed E-state index contributed by atoms with van der Waals surface area (Å²) in [5.74, 6) is 0.618. The monoisotopic (exact) mass is 228 g/mol. The van der Waals surface area contributed by atoms with Gasteiger partial charge in [-0.05, 0) is 38.6 Å². The summed E-state index contributed by atoms with van der Waals surface area (Å²) < 4.78 is 0. The van der Waals surface area contributed by atoms with Crippen LogP contribution in [0.2, 0.25) is 0 Å². The van der Waals surface area contributed by atoms with E-state index in [-0.39, 0.29) is 5.91 Å². The molecule has 3 N–H and O–H groups in total. The van der Waals surface area contributed by atoms with Gasteiger partial charge in [-0.15, -0.1) is 0 Å².